The van der Waals surface area contributed by atoms with E-state index < -0.39 is 0 Å². The Labute approximate surface area is 124 Å². The van der Waals surface area contributed by atoms with Crippen LogP contribution in [0, 0.1) is 6.92 Å². The van der Waals surface area contributed by atoms with Crippen LogP contribution < -0.4 is 5.73 Å². The average molecular weight is 366 g/mol. The Morgan fingerprint density at radius 3 is 2.65 bits per heavy atom. The number of hydrogen-bond acceptors (Lipinski definition) is 1. The molecule has 0 aliphatic carbocycles. The summed E-state index contributed by atoms with van der Waals surface area (Å²) < 4.78 is 0. The molecule has 1 aromatic rings. The fourth-order valence-corrected chi connectivity index (χ4v) is 2.01. The van der Waals surface area contributed by atoms with Gasteiger partial charge in [-0.2, -0.15) is 0 Å². The highest BCUT2D eigenvalue weighted by atomic mass is 127. The predicted octanol–water partition coefficient (Wildman–Crippen LogP) is 3.31. The number of guanidine groups is 1. The van der Waals surface area contributed by atoms with Crippen LogP contribution in [-0.2, 0) is 0 Å². The molecule has 0 atom stereocenters. The quantitative estimate of drug-likeness (QED) is 0.471. The minimum absolute atomic E-state index is 0. The number of aliphatic imine (C=N–C) groups is 1. The van der Waals surface area contributed by atoms with Crippen LogP contribution in [0.25, 0.3) is 0 Å². The molecule has 1 saturated heterocycles. The van der Waals surface area contributed by atoms with E-state index in [1.807, 2.05) is 25.1 Å². The first-order valence-corrected chi connectivity index (χ1v) is 5.90. The number of rotatable bonds is 1. The molecule has 1 aromatic carbocycles. The number of likely N-dealkylation sites (tertiary alicyclic amines) is 1. The lowest BCUT2D eigenvalue weighted by molar-refractivity contribution is 0.513. The van der Waals surface area contributed by atoms with Crippen LogP contribution in [0.1, 0.15) is 18.4 Å². The number of aryl methyl sites for hydroxylation is 1. The van der Waals surface area contributed by atoms with Crippen molar-refractivity contribution in [3.63, 3.8) is 0 Å². The van der Waals surface area contributed by atoms with Gasteiger partial charge in [-0.05, 0) is 37.5 Å². The second kappa shape index (κ2) is 6.44. The van der Waals surface area contributed by atoms with Crippen molar-refractivity contribution >= 4 is 47.2 Å². The Balaban J connectivity index is 0.00000144. The molecule has 2 rings (SSSR count). The molecule has 0 unspecified atom stereocenters. The van der Waals surface area contributed by atoms with Gasteiger partial charge in [0.1, 0.15) is 0 Å². The third kappa shape index (κ3) is 3.74. The predicted molar refractivity (Wildman–Crippen MR) is 83.7 cm³/mol. The monoisotopic (exact) mass is 365 g/mol. The zero-order valence-corrected chi connectivity index (χ0v) is 12.9. The van der Waals surface area contributed by atoms with Crippen LogP contribution in [-0.4, -0.2) is 23.9 Å². The molecular formula is C12H17ClIN3. The Morgan fingerprint density at radius 1 is 1.35 bits per heavy atom. The molecular weight excluding hydrogens is 349 g/mol. The molecule has 1 heterocycles. The summed E-state index contributed by atoms with van der Waals surface area (Å²) in [6.45, 7) is 4.02. The van der Waals surface area contributed by atoms with Gasteiger partial charge in [-0.25, -0.2) is 4.99 Å². The summed E-state index contributed by atoms with van der Waals surface area (Å²) in [4.78, 5) is 6.55. The lowest BCUT2D eigenvalue weighted by Crippen LogP contribution is -2.34. The molecule has 5 heteroatoms. The molecule has 1 aliphatic rings. The first-order chi connectivity index (χ1) is 7.66. The minimum Gasteiger partial charge on any atom is -0.369 e. The molecule has 0 spiro atoms. The maximum Gasteiger partial charge on any atom is 0.196 e. The van der Waals surface area contributed by atoms with E-state index in [1.54, 1.807) is 0 Å². The molecule has 0 bridgehead atoms. The Bertz CT molecular complexity index is 414. The maximum atomic E-state index is 5.96. The SMILES string of the molecule is Cc1ccc(Cl)cc1N=C(N)N1CCCC1.I. The number of nitrogens with two attached hydrogens (primary N) is 1. The van der Waals surface area contributed by atoms with Gasteiger partial charge in [0.05, 0.1) is 5.69 Å². The molecule has 0 amide bonds. The second-order valence-electron chi connectivity index (χ2n) is 4.09. The van der Waals surface area contributed by atoms with Gasteiger partial charge in [0.15, 0.2) is 5.96 Å². The zero-order valence-electron chi connectivity index (χ0n) is 9.82. The van der Waals surface area contributed by atoms with Gasteiger partial charge in [-0.15, -0.1) is 24.0 Å². The maximum absolute atomic E-state index is 5.96. The van der Waals surface area contributed by atoms with E-state index in [0.717, 1.165) is 24.3 Å². The van der Waals surface area contributed by atoms with Gasteiger partial charge < -0.3 is 10.6 Å². The summed E-state index contributed by atoms with van der Waals surface area (Å²) in [6, 6.07) is 5.67. The van der Waals surface area contributed by atoms with Gasteiger partial charge in [0.2, 0.25) is 0 Å². The van der Waals surface area contributed by atoms with Gasteiger partial charge in [-0.1, -0.05) is 17.7 Å². The number of hydrogen-bond donors (Lipinski definition) is 1. The summed E-state index contributed by atoms with van der Waals surface area (Å²) in [6.07, 6.45) is 2.40. The first-order valence-electron chi connectivity index (χ1n) is 5.52. The largest absolute Gasteiger partial charge is 0.369 e. The topological polar surface area (TPSA) is 41.6 Å². The number of benzene rings is 1. The van der Waals surface area contributed by atoms with Crippen LogP contribution in [0.2, 0.25) is 5.02 Å². The van der Waals surface area contributed by atoms with Crippen molar-refractivity contribution in [2.24, 2.45) is 10.7 Å². The summed E-state index contributed by atoms with van der Waals surface area (Å²) in [5.74, 6) is 0.600. The molecule has 3 nitrogen and oxygen atoms in total. The van der Waals surface area contributed by atoms with Crippen molar-refractivity contribution in [1.29, 1.82) is 0 Å². The van der Waals surface area contributed by atoms with Gasteiger partial charge >= 0.3 is 0 Å². The van der Waals surface area contributed by atoms with Gasteiger partial charge in [0.25, 0.3) is 0 Å². The van der Waals surface area contributed by atoms with E-state index in [0.29, 0.717) is 11.0 Å². The molecule has 0 saturated carbocycles. The summed E-state index contributed by atoms with van der Waals surface area (Å²) in [5, 5.41) is 0.693. The fourth-order valence-electron chi connectivity index (χ4n) is 1.84. The minimum atomic E-state index is 0. The molecule has 0 aromatic heterocycles. The molecule has 17 heavy (non-hydrogen) atoms. The fraction of sp³-hybridized carbons (Fsp3) is 0.417. The van der Waals surface area contributed by atoms with Crippen LogP contribution in [0.4, 0.5) is 5.69 Å². The van der Waals surface area contributed by atoms with Crippen molar-refractivity contribution in [2.75, 3.05) is 13.1 Å². The third-order valence-corrected chi connectivity index (χ3v) is 3.07. The highest BCUT2D eigenvalue weighted by Crippen LogP contribution is 2.23. The third-order valence-electron chi connectivity index (χ3n) is 2.84. The zero-order chi connectivity index (χ0) is 11.5. The van der Waals surface area contributed by atoms with Gasteiger partial charge in [0, 0.05) is 18.1 Å². The van der Waals surface area contributed by atoms with E-state index in [1.165, 1.54) is 12.8 Å². The van der Waals surface area contributed by atoms with Crippen molar-refractivity contribution in [3.05, 3.63) is 28.8 Å². The second-order valence-corrected chi connectivity index (χ2v) is 4.53. The lowest BCUT2D eigenvalue weighted by atomic mass is 10.2. The van der Waals surface area contributed by atoms with Crippen LogP contribution >= 0.6 is 35.6 Å². The molecule has 94 valence electrons. The van der Waals surface area contributed by atoms with Crippen molar-refractivity contribution < 1.29 is 0 Å². The van der Waals surface area contributed by atoms with Crippen LogP contribution in [0.15, 0.2) is 23.2 Å². The van der Waals surface area contributed by atoms with E-state index in [4.69, 9.17) is 17.3 Å². The van der Waals surface area contributed by atoms with Crippen LogP contribution in [0.5, 0.6) is 0 Å². The highest BCUT2D eigenvalue weighted by Gasteiger charge is 2.13. The smallest absolute Gasteiger partial charge is 0.196 e. The van der Waals surface area contributed by atoms with Crippen molar-refractivity contribution in [3.8, 4) is 0 Å². The summed E-state index contributed by atoms with van der Waals surface area (Å²) >= 11 is 5.94. The van der Waals surface area contributed by atoms with Crippen molar-refractivity contribution in [2.45, 2.75) is 19.8 Å². The molecule has 1 fully saturated rings. The molecule has 0 radical (unpaired) electrons. The standard InChI is InChI=1S/C12H16ClN3.HI/c1-9-4-5-10(13)8-11(9)15-12(14)16-6-2-3-7-16;/h4-5,8H,2-3,6-7H2,1H3,(H2,14,15);1H. The Hall–Kier alpha value is -0.490. The number of nitrogens with zero attached hydrogens (tertiary/aromatic N) is 2. The number of halogens is 2. The Morgan fingerprint density at radius 2 is 2.00 bits per heavy atom. The summed E-state index contributed by atoms with van der Waals surface area (Å²) in [7, 11) is 0. The lowest BCUT2D eigenvalue weighted by Gasteiger charge is -2.16. The van der Waals surface area contributed by atoms with E-state index in [9.17, 15) is 0 Å². The summed E-state index contributed by atoms with van der Waals surface area (Å²) in [5.41, 5.74) is 7.91. The molecule has 1 aliphatic heterocycles. The van der Waals surface area contributed by atoms with Crippen molar-refractivity contribution in [1.82, 2.24) is 4.90 Å². The Kier molecular flexibility index (Phi) is 5.52. The average Bonchev–Trinajstić information content (AvgIpc) is 2.76. The first kappa shape index (κ1) is 14.6. The van der Waals surface area contributed by atoms with E-state index >= 15 is 0 Å². The van der Waals surface area contributed by atoms with E-state index in [2.05, 4.69) is 9.89 Å². The molecule has 2 N–H and O–H groups in total. The van der Waals surface area contributed by atoms with Crippen LogP contribution in [0.3, 0.4) is 0 Å². The van der Waals surface area contributed by atoms with Gasteiger partial charge in [-0.3, -0.25) is 0 Å². The highest BCUT2D eigenvalue weighted by molar-refractivity contribution is 14.0. The van der Waals surface area contributed by atoms with E-state index in [-0.39, 0.29) is 24.0 Å². The normalized spacial score (nSPS) is 15.9.